The molecule has 0 aliphatic rings. The summed E-state index contributed by atoms with van der Waals surface area (Å²) in [7, 11) is 0. The van der Waals surface area contributed by atoms with Gasteiger partial charge in [-0.2, -0.15) is 5.26 Å². The normalized spacial score (nSPS) is 12.2. The lowest BCUT2D eigenvalue weighted by molar-refractivity contribution is -0.136. The minimum atomic E-state index is 0.141. The molecule has 3 nitrogen and oxygen atoms in total. The summed E-state index contributed by atoms with van der Waals surface area (Å²) in [5.74, 6) is 0.841. The van der Waals surface area contributed by atoms with Crippen molar-refractivity contribution in [3.63, 3.8) is 0 Å². The third-order valence-corrected chi connectivity index (χ3v) is 3.14. The van der Waals surface area contributed by atoms with Gasteiger partial charge in [0.1, 0.15) is 0 Å². The second-order valence-electron chi connectivity index (χ2n) is 5.33. The number of carbonyl (C=O) groups excluding carboxylic acids is 1. The van der Waals surface area contributed by atoms with Crippen molar-refractivity contribution in [2.75, 3.05) is 13.1 Å². The van der Waals surface area contributed by atoms with Crippen molar-refractivity contribution < 1.29 is 4.79 Å². The van der Waals surface area contributed by atoms with Crippen LogP contribution < -0.4 is 0 Å². The van der Waals surface area contributed by atoms with Crippen LogP contribution in [0.15, 0.2) is 0 Å². The number of hydrogen-bond acceptors (Lipinski definition) is 2. The summed E-state index contributed by atoms with van der Waals surface area (Å²) in [4.78, 5) is 14.3. The van der Waals surface area contributed by atoms with Gasteiger partial charge in [-0.15, -0.1) is 0 Å². The molecule has 1 atom stereocenters. The van der Waals surface area contributed by atoms with Gasteiger partial charge in [-0.1, -0.05) is 40.5 Å². The van der Waals surface area contributed by atoms with Crippen LogP contribution in [0.1, 0.15) is 59.8 Å². The van der Waals surface area contributed by atoms with Gasteiger partial charge in [0.05, 0.1) is 12.5 Å². The maximum Gasteiger partial charge on any atom is 0.225 e. The zero-order valence-corrected chi connectivity index (χ0v) is 12.4. The monoisotopic (exact) mass is 252 g/mol. The highest BCUT2D eigenvalue weighted by Crippen LogP contribution is 2.17. The second-order valence-corrected chi connectivity index (χ2v) is 5.33. The van der Waals surface area contributed by atoms with Crippen molar-refractivity contribution in [3.8, 4) is 6.07 Å². The molecule has 0 saturated heterocycles. The van der Waals surface area contributed by atoms with Crippen LogP contribution in [0.3, 0.4) is 0 Å². The largest absolute Gasteiger partial charge is 0.341 e. The van der Waals surface area contributed by atoms with E-state index in [0.717, 1.165) is 32.2 Å². The van der Waals surface area contributed by atoms with E-state index in [-0.39, 0.29) is 11.8 Å². The molecule has 0 aliphatic carbocycles. The van der Waals surface area contributed by atoms with Gasteiger partial charge in [0.25, 0.3) is 0 Å². The molecule has 0 aliphatic heterocycles. The topological polar surface area (TPSA) is 44.1 Å². The maximum absolute atomic E-state index is 12.4. The van der Waals surface area contributed by atoms with E-state index in [1.54, 1.807) is 0 Å². The average molecular weight is 252 g/mol. The van der Waals surface area contributed by atoms with Crippen molar-refractivity contribution >= 4 is 5.91 Å². The number of amides is 1. The summed E-state index contributed by atoms with van der Waals surface area (Å²) in [5, 5.41) is 8.68. The Kier molecular flexibility index (Phi) is 9.36. The van der Waals surface area contributed by atoms with Crippen LogP contribution >= 0.6 is 0 Å². The number of rotatable bonds is 9. The molecule has 3 heteroatoms. The Morgan fingerprint density at radius 3 is 2.44 bits per heavy atom. The summed E-state index contributed by atoms with van der Waals surface area (Å²) in [5.41, 5.74) is 0. The molecule has 0 N–H and O–H groups in total. The number of unbranched alkanes of at least 4 members (excludes halogenated alkanes) is 1. The summed E-state index contributed by atoms with van der Waals surface area (Å²) in [6.45, 7) is 9.80. The van der Waals surface area contributed by atoms with Crippen molar-refractivity contribution in [2.45, 2.75) is 59.8 Å². The Labute approximate surface area is 112 Å². The van der Waals surface area contributed by atoms with E-state index in [9.17, 15) is 4.79 Å². The molecule has 0 aromatic heterocycles. The minimum absolute atomic E-state index is 0.141. The molecule has 0 aromatic carbocycles. The Morgan fingerprint density at radius 1 is 1.33 bits per heavy atom. The first kappa shape index (κ1) is 17.0. The molecule has 0 spiro atoms. The van der Waals surface area contributed by atoms with Gasteiger partial charge in [0, 0.05) is 19.0 Å². The Morgan fingerprint density at radius 2 is 2.00 bits per heavy atom. The number of hydrogen-bond donors (Lipinski definition) is 0. The van der Waals surface area contributed by atoms with E-state index in [4.69, 9.17) is 5.26 Å². The molecule has 0 bridgehead atoms. The lowest BCUT2D eigenvalue weighted by Crippen LogP contribution is -2.39. The number of nitriles is 1. The smallest absolute Gasteiger partial charge is 0.225 e. The van der Waals surface area contributed by atoms with Gasteiger partial charge >= 0.3 is 0 Å². The summed E-state index contributed by atoms with van der Waals surface area (Å²) >= 11 is 0. The van der Waals surface area contributed by atoms with Crippen LogP contribution in [0.4, 0.5) is 0 Å². The quantitative estimate of drug-likeness (QED) is 0.629. The number of nitrogens with zero attached hydrogens (tertiary/aromatic N) is 2. The Hall–Kier alpha value is -1.04. The molecule has 18 heavy (non-hydrogen) atoms. The van der Waals surface area contributed by atoms with Crippen LogP contribution in [-0.2, 0) is 4.79 Å². The van der Waals surface area contributed by atoms with Crippen LogP contribution in [-0.4, -0.2) is 23.9 Å². The van der Waals surface area contributed by atoms with E-state index in [2.05, 4.69) is 33.8 Å². The molecule has 1 unspecified atom stereocenters. The first-order chi connectivity index (χ1) is 8.56. The maximum atomic E-state index is 12.4. The Bertz CT molecular complexity index is 268. The summed E-state index contributed by atoms with van der Waals surface area (Å²) in [6.07, 6.45) is 4.56. The van der Waals surface area contributed by atoms with Gasteiger partial charge < -0.3 is 4.90 Å². The number of carbonyl (C=O) groups is 1. The van der Waals surface area contributed by atoms with Gasteiger partial charge in [0.15, 0.2) is 0 Å². The zero-order chi connectivity index (χ0) is 14.0. The fourth-order valence-corrected chi connectivity index (χ4v) is 2.13. The van der Waals surface area contributed by atoms with Crippen molar-refractivity contribution in [1.29, 1.82) is 5.26 Å². The standard InChI is InChI=1S/C15H28N2O/c1-5-7-9-14(6-2)15(18)17(11-8-10-16)12-13(3)4/h13-14H,5-9,11-12H2,1-4H3. The average Bonchev–Trinajstić information content (AvgIpc) is 2.34. The van der Waals surface area contributed by atoms with Crippen LogP contribution in [0.25, 0.3) is 0 Å². The highest BCUT2D eigenvalue weighted by Gasteiger charge is 2.22. The van der Waals surface area contributed by atoms with Gasteiger partial charge in [-0.3, -0.25) is 4.79 Å². The van der Waals surface area contributed by atoms with E-state index in [1.807, 2.05) is 4.90 Å². The van der Waals surface area contributed by atoms with E-state index in [0.29, 0.717) is 18.9 Å². The highest BCUT2D eigenvalue weighted by atomic mass is 16.2. The fourth-order valence-electron chi connectivity index (χ4n) is 2.13. The molecule has 0 fully saturated rings. The fraction of sp³-hybridized carbons (Fsp3) is 0.867. The zero-order valence-electron chi connectivity index (χ0n) is 12.4. The minimum Gasteiger partial charge on any atom is -0.341 e. The molecule has 0 rings (SSSR count). The predicted molar refractivity (Wildman–Crippen MR) is 75.0 cm³/mol. The van der Waals surface area contributed by atoms with E-state index in [1.165, 1.54) is 0 Å². The molecule has 1 amide bonds. The van der Waals surface area contributed by atoms with Crippen LogP contribution in [0.5, 0.6) is 0 Å². The Balaban J connectivity index is 4.53. The lowest BCUT2D eigenvalue weighted by atomic mass is 9.97. The predicted octanol–water partition coefficient (Wildman–Crippen LogP) is 3.60. The molecular formula is C15H28N2O. The molecule has 0 radical (unpaired) electrons. The molecular weight excluding hydrogens is 224 g/mol. The van der Waals surface area contributed by atoms with Gasteiger partial charge in [-0.25, -0.2) is 0 Å². The summed E-state index contributed by atoms with van der Waals surface area (Å²) in [6, 6.07) is 2.13. The molecule has 0 heterocycles. The molecule has 104 valence electrons. The second kappa shape index (κ2) is 9.94. The lowest BCUT2D eigenvalue weighted by Gasteiger charge is -2.27. The van der Waals surface area contributed by atoms with E-state index >= 15 is 0 Å². The first-order valence-corrected chi connectivity index (χ1v) is 7.22. The van der Waals surface area contributed by atoms with Crippen molar-refractivity contribution in [1.82, 2.24) is 4.90 Å². The van der Waals surface area contributed by atoms with Crippen molar-refractivity contribution in [3.05, 3.63) is 0 Å². The third kappa shape index (κ3) is 6.64. The van der Waals surface area contributed by atoms with E-state index < -0.39 is 0 Å². The van der Waals surface area contributed by atoms with Crippen molar-refractivity contribution in [2.24, 2.45) is 11.8 Å². The van der Waals surface area contributed by atoms with Crippen LogP contribution in [0, 0.1) is 23.2 Å². The van der Waals surface area contributed by atoms with Gasteiger partial charge in [-0.05, 0) is 18.8 Å². The first-order valence-electron chi connectivity index (χ1n) is 7.22. The third-order valence-electron chi connectivity index (χ3n) is 3.14. The van der Waals surface area contributed by atoms with Gasteiger partial charge in [0.2, 0.25) is 5.91 Å². The molecule has 0 aromatic rings. The summed E-state index contributed by atoms with van der Waals surface area (Å²) < 4.78 is 0. The SMILES string of the molecule is CCCCC(CC)C(=O)N(CCC#N)CC(C)C. The highest BCUT2D eigenvalue weighted by molar-refractivity contribution is 5.78. The molecule has 0 saturated carbocycles. The van der Waals surface area contributed by atoms with Crippen LogP contribution in [0.2, 0.25) is 0 Å².